The largest absolute Gasteiger partial charge is 0.368 e. The van der Waals surface area contributed by atoms with Gasteiger partial charge >= 0.3 is 0 Å². The van der Waals surface area contributed by atoms with Crippen LogP contribution < -0.4 is 10.6 Å². The average molecular weight is 273 g/mol. The van der Waals surface area contributed by atoms with Gasteiger partial charge in [0.2, 0.25) is 5.95 Å². The first kappa shape index (κ1) is 14.0. The Morgan fingerprint density at radius 2 is 1.90 bits per heavy atom. The summed E-state index contributed by atoms with van der Waals surface area (Å²) in [5.41, 5.74) is 1.74. The van der Waals surface area contributed by atoms with Crippen LogP contribution in [0.1, 0.15) is 15.9 Å². The number of nitrogens with one attached hydrogen (secondary N) is 2. The Morgan fingerprint density at radius 3 is 2.60 bits per heavy atom. The summed E-state index contributed by atoms with van der Waals surface area (Å²) >= 11 is 0. The SMILES string of the molecule is Cc1ccc(C(=O)NCCNc2cccc(F)n2)cc1. The molecule has 2 aromatic rings. The van der Waals surface area contributed by atoms with Crippen molar-refractivity contribution in [3.8, 4) is 0 Å². The molecule has 0 atom stereocenters. The Labute approximate surface area is 117 Å². The number of halogens is 1. The predicted molar refractivity (Wildman–Crippen MR) is 76.2 cm³/mol. The molecule has 0 aliphatic carbocycles. The fourth-order valence-corrected chi connectivity index (χ4v) is 1.68. The van der Waals surface area contributed by atoms with E-state index in [0.29, 0.717) is 24.5 Å². The zero-order valence-corrected chi connectivity index (χ0v) is 11.2. The molecule has 1 aromatic heterocycles. The van der Waals surface area contributed by atoms with Crippen molar-refractivity contribution in [3.63, 3.8) is 0 Å². The molecule has 4 nitrogen and oxygen atoms in total. The molecule has 2 rings (SSSR count). The van der Waals surface area contributed by atoms with Crippen LogP contribution in [0.2, 0.25) is 0 Å². The van der Waals surface area contributed by atoms with Crippen LogP contribution in [-0.4, -0.2) is 24.0 Å². The molecule has 0 saturated carbocycles. The number of aromatic nitrogens is 1. The molecule has 0 saturated heterocycles. The van der Waals surface area contributed by atoms with E-state index >= 15 is 0 Å². The van der Waals surface area contributed by atoms with E-state index in [-0.39, 0.29) is 5.91 Å². The van der Waals surface area contributed by atoms with Gasteiger partial charge in [-0.2, -0.15) is 4.39 Å². The second-order valence-corrected chi connectivity index (χ2v) is 4.39. The molecular weight excluding hydrogens is 257 g/mol. The van der Waals surface area contributed by atoms with E-state index in [2.05, 4.69) is 15.6 Å². The molecule has 0 unspecified atom stereocenters. The molecule has 0 aliphatic heterocycles. The molecule has 0 aliphatic rings. The lowest BCUT2D eigenvalue weighted by Gasteiger charge is -2.07. The lowest BCUT2D eigenvalue weighted by Crippen LogP contribution is -2.28. The predicted octanol–water partition coefficient (Wildman–Crippen LogP) is 2.37. The van der Waals surface area contributed by atoms with Gasteiger partial charge in [0.1, 0.15) is 5.82 Å². The molecular formula is C15H16FN3O. The Morgan fingerprint density at radius 1 is 1.15 bits per heavy atom. The van der Waals surface area contributed by atoms with Crippen LogP contribution in [0.3, 0.4) is 0 Å². The fourth-order valence-electron chi connectivity index (χ4n) is 1.68. The summed E-state index contributed by atoms with van der Waals surface area (Å²) in [6.45, 7) is 2.89. The van der Waals surface area contributed by atoms with E-state index in [1.807, 2.05) is 19.1 Å². The maximum Gasteiger partial charge on any atom is 0.251 e. The first-order chi connectivity index (χ1) is 9.65. The van der Waals surface area contributed by atoms with Gasteiger partial charge in [-0.3, -0.25) is 4.79 Å². The van der Waals surface area contributed by atoms with Crippen molar-refractivity contribution in [1.82, 2.24) is 10.3 Å². The lowest BCUT2D eigenvalue weighted by atomic mass is 10.1. The van der Waals surface area contributed by atoms with E-state index in [0.717, 1.165) is 5.56 Å². The number of rotatable bonds is 5. The molecule has 104 valence electrons. The van der Waals surface area contributed by atoms with Gasteiger partial charge in [0.25, 0.3) is 5.91 Å². The molecule has 0 bridgehead atoms. The summed E-state index contributed by atoms with van der Waals surface area (Å²) in [6.07, 6.45) is 0. The second kappa shape index (κ2) is 6.65. The highest BCUT2D eigenvalue weighted by atomic mass is 19.1. The fraction of sp³-hybridized carbons (Fsp3) is 0.200. The first-order valence-corrected chi connectivity index (χ1v) is 6.36. The molecule has 20 heavy (non-hydrogen) atoms. The van der Waals surface area contributed by atoms with Crippen LogP contribution in [0.25, 0.3) is 0 Å². The van der Waals surface area contributed by atoms with E-state index in [1.165, 1.54) is 6.07 Å². The molecule has 5 heteroatoms. The number of carbonyl (C=O) groups excluding carboxylic acids is 1. The minimum Gasteiger partial charge on any atom is -0.368 e. The van der Waals surface area contributed by atoms with Crippen LogP contribution >= 0.6 is 0 Å². The van der Waals surface area contributed by atoms with Crippen molar-refractivity contribution in [3.05, 3.63) is 59.5 Å². The van der Waals surface area contributed by atoms with Gasteiger partial charge < -0.3 is 10.6 Å². The standard InChI is InChI=1S/C15H16FN3O/c1-11-5-7-12(8-6-11)15(20)18-10-9-17-14-4-2-3-13(16)19-14/h2-8H,9-10H2,1H3,(H,17,19)(H,18,20). The number of anilines is 1. The Hall–Kier alpha value is -2.43. The smallest absolute Gasteiger partial charge is 0.251 e. The molecule has 0 spiro atoms. The number of aryl methyl sites for hydroxylation is 1. The van der Waals surface area contributed by atoms with Crippen LogP contribution in [0, 0.1) is 12.9 Å². The number of hydrogen-bond donors (Lipinski definition) is 2. The van der Waals surface area contributed by atoms with Gasteiger partial charge in [-0.15, -0.1) is 0 Å². The molecule has 2 N–H and O–H groups in total. The quantitative estimate of drug-likeness (QED) is 0.649. The van der Waals surface area contributed by atoms with E-state index in [9.17, 15) is 9.18 Å². The third-order valence-corrected chi connectivity index (χ3v) is 2.75. The molecule has 0 fully saturated rings. The topological polar surface area (TPSA) is 54.0 Å². The summed E-state index contributed by atoms with van der Waals surface area (Å²) in [6, 6.07) is 11.9. The normalized spacial score (nSPS) is 10.1. The minimum atomic E-state index is -0.529. The van der Waals surface area contributed by atoms with Crippen molar-refractivity contribution in [1.29, 1.82) is 0 Å². The van der Waals surface area contributed by atoms with Gasteiger partial charge in [-0.25, -0.2) is 4.98 Å². The van der Waals surface area contributed by atoms with E-state index in [1.54, 1.807) is 24.3 Å². The molecule has 1 amide bonds. The summed E-state index contributed by atoms with van der Waals surface area (Å²) < 4.78 is 12.8. The number of benzene rings is 1. The summed E-state index contributed by atoms with van der Waals surface area (Å²) in [5.74, 6) is -0.202. The van der Waals surface area contributed by atoms with Crippen LogP contribution in [-0.2, 0) is 0 Å². The number of pyridine rings is 1. The number of amides is 1. The van der Waals surface area contributed by atoms with Crippen molar-refractivity contribution in [2.45, 2.75) is 6.92 Å². The van der Waals surface area contributed by atoms with Gasteiger partial charge in [0.05, 0.1) is 0 Å². The monoisotopic (exact) mass is 273 g/mol. The van der Waals surface area contributed by atoms with Gasteiger partial charge in [0, 0.05) is 18.7 Å². The minimum absolute atomic E-state index is 0.126. The maximum absolute atomic E-state index is 12.8. The van der Waals surface area contributed by atoms with Gasteiger partial charge in [-0.05, 0) is 31.2 Å². The third-order valence-electron chi connectivity index (χ3n) is 2.75. The van der Waals surface area contributed by atoms with Crippen molar-refractivity contribution in [2.24, 2.45) is 0 Å². The summed E-state index contributed by atoms with van der Waals surface area (Å²) in [5, 5.41) is 5.72. The number of nitrogens with zero attached hydrogens (tertiary/aromatic N) is 1. The Balaban J connectivity index is 1.76. The number of hydrogen-bond acceptors (Lipinski definition) is 3. The van der Waals surface area contributed by atoms with Gasteiger partial charge in [-0.1, -0.05) is 23.8 Å². The van der Waals surface area contributed by atoms with Crippen molar-refractivity contribution >= 4 is 11.7 Å². The van der Waals surface area contributed by atoms with Gasteiger partial charge in [0.15, 0.2) is 0 Å². The first-order valence-electron chi connectivity index (χ1n) is 6.36. The third kappa shape index (κ3) is 4.05. The Bertz CT molecular complexity index is 584. The summed E-state index contributed by atoms with van der Waals surface area (Å²) in [4.78, 5) is 15.5. The van der Waals surface area contributed by atoms with E-state index < -0.39 is 5.95 Å². The zero-order valence-electron chi connectivity index (χ0n) is 11.2. The van der Waals surface area contributed by atoms with Crippen LogP contribution in [0.5, 0.6) is 0 Å². The molecule has 0 radical (unpaired) electrons. The zero-order chi connectivity index (χ0) is 14.4. The summed E-state index contributed by atoms with van der Waals surface area (Å²) in [7, 11) is 0. The highest BCUT2D eigenvalue weighted by Crippen LogP contribution is 2.03. The Kier molecular flexibility index (Phi) is 4.65. The highest BCUT2D eigenvalue weighted by molar-refractivity contribution is 5.94. The van der Waals surface area contributed by atoms with Crippen LogP contribution in [0.4, 0.5) is 10.2 Å². The average Bonchev–Trinajstić information content (AvgIpc) is 2.44. The molecule has 1 heterocycles. The highest BCUT2D eigenvalue weighted by Gasteiger charge is 2.03. The van der Waals surface area contributed by atoms with E-state index in [4.69, 9.17) is 0 Å². The lowest BCUT2D eigenvalue weighted by molar-refractivity contribution is 0.0955. The van der Waals surface area contributed by atoms with Crippen molar-refractivity contribution in [2.75, 3.05) is 18.4 Å². The maximum atomic E-state index is 12.8. The van der Waals surface area contributed by atoms with Crippen LogP contribution in [0.15, 0.2) is 42.5 Å². The second-order valence-electron chi connectivity index (χ2n) is 4.39. The van der Waals surface area contributed by atoms with Crippen molar-refractivity contribution < 1.29 is 9.18 Å². The molecule has 1 aromatic carbocycles. The number of carbonyl (C=O) groups is 1.